The molecule has 3 aromatic rings. The number of aromatic nitrogens is 3. The Morgan fingerprint density at radius 2 is 1.86 bits per heavy atom. The molecule has 146 valence electrons. The molecule has 0 aliphatic carbocycles. The van der Waals surface area contributed by atoms with Crippen LogP contribution in [0.4, 0.5) is 23.2 Å². The van der Waals surface area contributed by atoms with Gasteiger partial charge in [0.05, 0.1) is 18.3 Å². The number of alkyl halides is 1. The number of fused-ring (bicyclic) bond motifs is 1. The molecule has 0 amide bonds. The summed E-state index contributed by atoms with van der Waals surface area (Å²) in [6.45, 7) is 2.01. The third-order valence-corrected chi connectivity index (χ3v) is 4.98. The Balaban J connectivity index is 1.72. The molecule has 28 heavy (non-hydrogen) atoms. The highest BCUT2D eigenvalue weighted by molar-refractivity contribution is 5.58. The van der Waals surface area contributed by atoms with Crippen LogP contribution in [-0.4, -0.2) is 20.8 Å². The summed E-state index contributed by atoms with van der Waals surface area (Å²) in [4.78, 5) is 3.89. The van der Waals surface area contributed by atoms with E-state index in [-0.39, 0.29) is 17.7 Å². The van der Waals surface area contributed by atoms with Gasteiger partial charge in [-0.1, -0.05) is 6.07 Å². The first-order chi connectivity index (χ1) is 13.4. The average Bonchev–Trinajstić information content (AvgIpc) is 3.28. The molecule has 1 aliphatic heterocycles. The number of halogens is 4. The molecule has 2 aromatic carbocycles. The fraction of sp³-hybridized carbons (Fsp3) is 0.263. The highest BCUT2D eigenvalue weighted by Crippen LogP contribution is 2.38. The standard InChI is InChI=1S/C19H17F4N5/c1-11(28-18-5-3-12(20)6-15(18)19(23)26-28)16(8-27-10-24-9-25-27)14-4-2-13(21)7-17(14)22/h2-7,9-11,16,19,26H,8H2,1H3/t11-,16-,19?/m1/s1. The van der Waals surface area contributed by atoms with E-state index in [1.165, 1.54) is 41.6 Å². The largest absolute Gasteiger partial charge is 0.302 e. The molecule has 0 radical (unpaired) electrons. The molecule has 1 aromatic heterocycles. The lowest BCUT2D eigenvalue weighted by Crippen LogP contribution is -2.45. The molecule has 1 N–H and O–H groups in total. The fourth-order valence-electron chi connectivity index (χ4n) is 3.57. The number of hydrogen-bond donors (Lipinski definition) is 1. The molecule has 0 spiro atoms. The molecule has 0 bridgehead atoms. The van der Waals surface area contributed by atoms with Gasteiger partial charge in [-0.05, 0) is 36.8 Å². The van der Waals surface area contributed by atoms with E-state index >= 15 is 0 Å². The molecule has 2 heterocycles. The summed E-state index contributed by atoms with van der Waals surface area (Å²) in [5, 5.41) is 5.60. The van der Waals surface area contributed by atoms with Crippen LogP contribution in [0, 0.1) is 17.5 Å². The predicted octanol–water partition coefficient (Wildman–Crippen LogP) is 3.86. The lowest BCUT2D eigenvalue weighted by Gasteiger charge is -2.34. The summed E-state index contributed by atoms with van der Waals surface area (Å²) in [6, 6.07) is 6.73. The number of nitrogens with one attached hydrogen (secondary N) is 1. The van der Waals surface area contributed by atoms with Crippen molar-refractivity contribution >= 4 is 5.69 Å². The van der Waals surface area contributed by atoms with Gasteiger partial charge in [0.15, 0.2) is 6.30 Å². The van der Waals surface area contributed by atoms with Crippen LogP contribution in [0.2, 0.25) is 0 Å². The number of nitrogens with zero attached hydrogens (tertiary/aromatic N) is 4. The van der Waals surface area contributed by atoms with Gasteiger partial charge in [0.2, 0.25) is 0 Å². The van der Waals surface area contributed by atoms with Crippen molar-refractivity contribution in [3.63, 3.8) is 0 Å². The second kappa shape index (κ2) is 7.23. The zero-order valence-corrected chi connectivity index (χ0v) is 14.9. The summed E-state index contributed by atoms with van der Waals surface area (Å²) in [5.74, 6) is -2.45. The van der Waals surface area contributed by atoms with Crippen molar-refractivity contribution in [2.75, 3.05) is 5.01 Å². The number of benzene rings is 2. The molecular formula is C19H17F4N5. The normalized spacial score (nSPS) is 18.2. The molecule has 1 unspecified atom stereocenters. The van der Waals surface area contributed by atoms with E-state index in [4.69, 9.17) is 0 Å². The zero-order chi connectivity index (χ0) is 19.8. The van der Waals surface area contributed by atoms with E-state index < -0.39 is 35.7 Å². The maximum atomic E-state index is 14.6. The van der Waals surface area contributed by atoms with E-state index in [9.17, 15) is 17.6 Å². The highest BCUT2D eigenvalue weighted by atomic mass is 19.1. The lowest BCUT2D eigenvalue weighted by molar-refractivity contribution is 0.275. The van der Waals surface area contributed by atoms with Crippen molar-refractivity contribution < 1.29 is 17.6 Å². The Morgan fingerprint density at radius 3 is 2.57 bits per heavy atom. The second-order valence-electron chi connectivity index (χ2n) is 6.70. The maximum Gasteiger partial charge on any atom is 0.195 e. The van der Waals surface area contributed by atoms with Crippen LogP contribution >= 0.6 is 0 Å². The van der Waals surface area contributed by atoms with Crippen LogP contribution in [0.5, 0.6) is 0 Å². The van der Waals surface area contributed by atoms with E-state index in [0.29, 0.717) is 5.69 Å². The minimum Gasteiger partial charge on any atom is -0.302 e. The van der Waals surface area contributed by atoms with Crippen LogP contribution in [0.1, 0.15) is 30.3 Å². The Hall–Kier alpha value is -2.94. The van der Waals surface area contributed by atoms with Crippen molar-refractivity contribution in [3.05, 3.63) is 77.6 Å². The molecular weight excluding hydrogens is 374 g/mol. The van der Waals surface area contributed by atoms with Crippen molar-refractivity contribution in [1.82, 2.24) is 20.2 Å². The van der Waals surface area contributed by atoms with Crippen LogP contribution in [-0.2, 0) is 6.54 Å². The number of hydrazine groups is 1. The first-order valence-electron chi connectivity index (χ1n) is 8.70. The average molecular weight is 391 g/mol. The van der Waals surface area contributed by atoms with Gasteiger partial charge < -0.3 is 5.01 Å². The minimum atomic E-state index is -1.58. The SMILES string of the molecule is C[C@H]([C@@H](Cn1cncn1)c1ccc(F)cc1F)N1NC(F)c2cc(F)ccc21. The Kier molecular flexibility index (Phi) is 4.76. The summed E-state index contributed by atoms with van der Waals surface area (Å²) >= 11 is 0. The first-order valence-corrected chi connectivity index (χ1v) is 8.70. The Morgan fingerprint density at radius 1 is 1.11 bits per heavy atom. The third kappa shape index (κ3) is 3.33. The predicted molar refractivity (Wildman–Crippen MR) is 94.4 cm³/mol. The first kappa shape index (κ1) is 18.4. The van der Waals surface area contributed by atoms with Gasteiger partial charge in [-0.25, -0.2) is 22.5 Å². The fourth-order valence-corrected chi connectivity index (χ4v) is 3.57. The van der Waals surface area contributed by atoms with Gasteiger partial charge >= 0.3 is 0 Å². The second-order valence-corrected chi connectivity index (χ2v) is 6.70. The number of anilines is 1. The summed E-state index contributed by atoms with van der Waals surface area (Å²) in [6.07, 6.45) is 1.25. The minimum absolute atomic E-state index is 0.172. The summed E-state index contributed by atoms with van der Waals surface area (Å²) in [5.41, 5.74) is 3.56. The van der Waals surface area contributed by atoms with Crippen molar-refractivity contribution in [2.45, 2.75) is 31.7 Å². The van der Waals surface area contributed by atoms with Gasteiger partial charge in [0, 0.05) is 17.5 Å². The Labute approximate surface area is 158 Å². The van der Waals surface area contributed by atoms with Crippen LogP contribution < -0.4 is 10.4 Å². The van der Waals surface area contributed by atoms with Crippen LogP contribution in [0.15, 0.2) is 49.1 Å². The van der Waals surface area contributed by atoms with Gasteiger partial charge in [-0.15, -0.1) is 0 Å². The van der Waals surface area contributed by atoms with E-state index in [1.54, 1.807) is 11.9 Å². The van der Waals surface area contributed by atoms with Crippen LogP contribution in [0.3, 0.4) is 0 Å². The molecule has 5 nitrogen and oxygen atoms in total. The van der Waals surface area contributed by atoms with Crippen molar-refractivity contribution in [1.29, 1.82) is 0 Å². The molecule has 9 heteroatoms. The van der Waals surface area contributed by atoms with Gasteiger partial charge in [-0.3, -0.25) is 4.68 Å². The highest BCUT2D eigenvalue weighted by Gasteiger charge is 2.36. The molecule has 4 rings (SSSR count). The topological polar surface area (TPSA) is 46.0 Å². The lowest BCUT2D eigenvalue weighted by atomic mass is 9.91. The molecule has 3 atom stereocenters. The molecule has 0 saturated carbocycles. The van der Waals surface area contributed by atoms with E-state index in [2.05, 4.69) is 15.5 Å². The monoisotopic (exact) mass is 391 g/mol. The Bertz CT molecular complexity index is 978. The number of hydrogen-bond acceptors (Lipinski definition) is 4. The smallest absolute Gasteiger partial charge is 0.195 e. The van der Waals surface area contributed by atoms with Gasteiger partial charge in [0.25, 0.3) is 0 Å². The maximum absolute atomic E-state index is 14.6. The zero-order valence-electron chi connectivity index (χ0n) is 14.9. The van der Waals surface area contributed by atoms with Crippen molar-refractivity contribution in [3.8, 4) is 0 Å². The summed E-state index contributed by atoms with van der Waals surface area (Å²) < 4.78 is 57.4. The van der Waals surface area contributed by atoms with Gasteiger partial charge in [0.1, 0.15) is 30.1 Å². The molecule has 1 aliphatic rings. The molecule has 0 fully saturated rings. The van der Waals surface area contributed by atoms with E-state index in [1.807, 2.05) is 0 Å². The van der Waals surface area contributed by atoms with E-state index in [0.717, 1.165) is 12.1 Å². The quantitative estimate of drug-likeness (QED) is 0.530. The van der Waals surface area contributed by atoms with Crippen molar-refractivity contribution in [2.24, 2.45) is 0 Å². The van der Waals surface area contributed by atoms with Gasteiger partial charge in [-0.2, -0.15) is 10.5 Å². The molecule has 0 saturated heterocycles. The number of rotatable bonds is 5. The third-order valence-electron chi connectivity index (χ3n) is 4.98. The van der Waals surface area contributed by atoms with Crippen LogP contribution in [0.25, 0.3) is 0 Å². The summed E-state index contributed by atoms with van der Waals surface area (Å²) in [7, 11) is 0.